The molecule has 0 bridgehead atoms. The maximum Gasteiger partial charge on any atom is 0.256 e. The molecule has 0 saturated heterocycles. The largest absolute Gasteiger partial charge is 0.348 e. The molecular weight excluding hydrogens is 296 g/mol. The molecule has 2 heterocycles. The van der Waals surface area contributed by atoms with Crippen molar-refractivity contribution >= 4 is 17.7 Å². The molecule has 0 radical (unpaired) electrons. The molecule has 22 heavy (non-hydrogen) atoms. The fourth-order valence-corrected chi connectivity index (χ4v) is 2.64. The van der Waals surface area contributed by atoms with E-state index >= 15 is 0 Å². The van der Waals surface area contributed by atoms with Gasteiger partial charge in [-0.25, -0.2) is 9.97 Å². The molecule has 0 spiro atoms. The second-order valence-corrected chi connectivity index (χ2v) is 6.04. The Kier molecular flexibility index (Phi) is 5.49. The summed E-state index contributed by atoms with van der Waals surface area (Å²) in [5.41, 5.74) is 2.28. The Morgan fingerprint density at radius 3 is 2.55 bits per heavy atom. The number of nitrogens with zero attached hydrogens (tertiary/aromatic N) is 3. The number of aryl methyl sites for hydroxylation is 1. The molecular formula is C16H20N4OS. The average molecular weight is 316 g/mol. The van der Waals surface area contributed by atoms with Crippen molar-refractivity contribution in [1.29, 1.82) is 0 Å². The van der Waals surface area contributed by atoms with E-state index < -0.39 is 0 Å². The van der Waals surface area contributed by atoms with Gasteiger partial charge in [-0.3, -0.25) is 9.78 Å². The minimum absolute atomic E-state index is 0.144. The zero-order chi connectivity index (χ0) is 16.1. The lowest BCUT2D eigenvalue weighted by Gasteiger charge is -2.13. The monoisotopic (exact) mass is 316 g/mol. The summed E-state index contributed by atoms with van der Waals surface area (Å²) < 4.78 is 0. The Bertz CT molecular complexity index is 659. The summed E-state index contributed by atoms with van der Waals surface area (Å²) in [6, 6.07) is 3.75. The third-order valence-corrected chi connectivity index (χ3v) is 3.90. The highest BCUT2D eigenvalue weighted by Gasteiger charge is 2.19. The lowest BCUT2D eigenvalue weighted by atomic mass is 10.1. The van der Waals surface area contributed by atoms with Crippen molar-refractivity contribution in [1.82, 2.24) is 20.3 Å². The number of thioether (sulfide) groups is 1. The molecule has 5 nitrogen and oxygen atoms in total. The van der Waals surface area contributed by atoms with Crippen LogP contribution in [0.15, 0.2) is 29.6 Å². The predicted molar refractivity (Wildman–Crippen MR) is 88.0 cm³/mol. The fourth-order valence-electron chi connectivity index (χ4n) is 2.01. The number of hydrogen-bond donors (Lipinski definition) is 1. The minimum Gasteiger partial charge on any atom is -0.348 e. The molecule has 0 fully saturated rings. The van der Waals surface area contributed by atoms with E-state index in [2.05, 4.69) is 20.3 Å². The van der Waals surface area contributed by atoms with Gasteiger partial charge in [0.1, 0.15) is 10.9 Å². The number of carbonyl (C=O) groups is 1. The topological polar surface area (TPSA) is 67.8 Å². The molecule has 0 aliphatic rings. The highest BCUT2D eigenvalue weighted by atomic mass is 32.2. The van der Waals surface area contributed by atoms with Crippen LogP contribution in [0.4, 0.5) is 0 Å². The van der Waals surface area contributed by atoms with Crippen LogP contribution in [0.25, 0.3) is 0 Å². The third-order valence-electron chi connectivity index (χ3n) is 3.21. The lowest BCUT2D eigenvalue weighted by molar-refractivity contribution is 0.0946. The van der Waals surface area contributed by atoms with Crippen molar-refractivity contribution in [3.05, 3.63) is 47.2 Å². The standard InChI is InChI=1S/C16H20N4OS/c1-10(2)14-19-11(3)13(16(20-14)22-4)15(21)18-9-12-5-7-17-8-6-12/h5-8,10H,9H2,1-4H3,(H,18,21). The van der Waals surface area contributed by atoms with Crippen LogP contribution in [0, 0.1) is 6.92 Å². The summed E-state index contributed by atoms with van der Waals surface area (Å²) in [5, 5.41) is 3.64. The smallest absolute Gasteiger partial charge is 0.256 e. The Labute approximate surface area is 135 Å². The van der Waals surface area contributed by atoms with Gasteiger partial charge in [-0.15, -0.1) is 11.8 Å². The maximum absolute atomic E-state index is 12.5. The van der Waals surface area contributed by atoms with Gasteiger partial charge in [-0.1, -0.05) is 13.8 Å². The third kappa shape index (κ3) is 3.82. The Morgan fingerprint density at radius 1 is 1.27 bits per heavy atom. The summed E-state index contributed by atoms with van der Waals surface area (Å²) in [5.74, 6) is 0.861. The van der Waals surface area contributed by atoms with Crippen molar-refractivity contribution < 1.29 is 4.79 Å². The van der Waals surface area contributed by atoms with Crippen molar-refractivity contribution in [2.45, 2.75) is 38.3 Å². The van der Waals surface area contributed by atoms with E-state index in [0.29, 0.717) is 12.1 Å². The lowest BCUT2D eigenvalue weighted by Crippen LogP contribution is -2.25. The van der Waals surface area contributed by atoms with Gasteiger partial charge in [-0.05, 0) is 30.9 Å². The quantitative estimate of drug-likeness (QED) is 0.678. The van der Waals surface area contributed by atoms with Crippen molar-refractivity contribution in [2.75, 3.05) is 6.26 Å². The van der Waals surface area contributed by atoms with E-state index in [1.165, 1.54) is 11.8 Å². The molecule has 0 unspecified atom stereocenters. The average Bonchev–Trinajstić information content (AvgIpc) is 2.52. The van der Waals surface area contributed by atoms with Crippen molar-refractivity contribution in [3.63, 3.8) is 0 Å². The summed E-state index contributed by atoms with van der Waals surface area (Å²) in [6.45, 7) is 6.40. The predicted octanol–water partition coefficient (Wildman–Crippen LogP) is 2.96. The van der Waals surface area contributed by atoms with Gasteiger partial charge in [0.2, 0.25) is 0 Å². The van der Waals surface area contributed by atoms with E-state index in [4.69, 9.17) is 0 Å². The highest BCUT2D eigenvalue weighted by Crippen LogP contribution is 2.23. The zero-order valence-electron chi connectivity index (χ0n) is 13.3. The molecule has 2 aromatic rings. The van der Waals surface area contributed by atoms with E-state index in [1.807, 2.05) is 39.2 Å². The Hall–Kier alpha value is -1.95. The molecule has 2 rings (SSSR count). The second kappa shape index (κ2) is 7.35. The van der Waals surface area contributed by atoms with Gasteiger partial charge < -0.3 is 5.32 Å². The molecule has 0 atom stereocenters. The normalized spacial score (nSPS) is 10.8. The van der Waals surface area contributed by atoms with Gasteiger partial charge in [0.25, 0.3) is 5.91 Å². The van der Waals surface area contributed by atoms with Crippen LogP contribution in [0.5, 0.6) is 0 Å². The molecule has 2 aromatic heterocycles. The molecule has 1 N–H and O–H groups in total. The Morgan fingerprint density at radius 2 is 1.95 bits per heavy atom. The van der Waals surface area contributed by atoms with Crippen LogP contribution in [0.3, 0.4) is 0 Å². The van der Waals surface area contributed by atoms with Gasteiger partial charge in [0.05, 0.1) is 11.3 Å². The molecule has 116 valence electrons. The first-order chi connectivity index (χ1) is 10.5. The summed E-state index contributed by atoms with van der Waals surface area (Å²) in [6.07, 6.45) is 5.34. The summed E-state index contributed by atoms with van der Waals surface area (Å²) in [7, 11) is 0. The number of nitrogens with one attached hydrogen (secondary N) is 1. The molecule has 0 saturated carbocycles. The van der Waals surface area contributed by atoms with Crippen LogP contribution in [0.1, 0.15) is 47.2 Å². The Balaban J connectivity index is 2.22. The van der Waals surface area contributed by atoms with Crippen LogP contribution in [-0.2, 0) is 6.54 Å². The number of rotatable bonds is 5. The second-order valence-electron chi connectivity index (χ2n) is 5.24. The maximum atomic E-state index is 12.5. The van der Waals surface area contributed by atoms with E-state index in [1.54, 1.807) is 12.4 Å². The fraction of sp³-hybridized carbons (Fsp3) is 0.375. The number of carbonyl (C=O) groups excluding carboxylic acids is 1. The van der Waals surface area contributed by atoms with Gasteiger partial charge >= 0.3 is 0 Å². The molecule has 1 amide bonds. The van der Waals surface area contributed by atoms with E-state index in [-0.39, 0.29) is 11.8 Å². The van der Waals surface area contributed by atoms with Crippen LogP contribution in [-0.4, -0.2) is 27.1 Å². The summed E-state index contributed by atoms with van der Waals surface area (Å²) in [4.78, 5) is 25.4. The first-order valence-electron chi connectivity index (χ1n) is 7.12. The first kappa shape index (κ1) is 16.4. The SMILES string of the molecule is CSc1nc(C(C)C)nc(C)c1C(=O)NCc1ccncc1. The van der Waals surface area contributed by atoms with E-state index in [0.717, 1.165) is 22.1 Å². The van der Waals surface area contributed by atoms with Gasteiger partial charge in [0.15, 0.2) is 0 Å². The van der Waals surface area contributed by atoms with Gasteiger partial charge in [-0.2, -0.15) is 0 Å². The number of aromatic nitrogens is 3. The van der Waals surface area contributed by atoms with Crippen molar-refractivity contribution in [3.8, 4) is 0 Å². The number of amides is 1. The number of hydrogen-bond acceptors (Lipinski definition) is 5. The van der Waals surface area contributed by atoms with Crippen LogP contribution in [0.2, 0.25) is 0 Å². The van der Waals surface area contributed by atoms with Crippen LogP contribution < -0.4 is 5.32 Å². The zero-order valence-corrected chi connectivity index (χ0v) is 14.1. The van der Waals surface area contributed by atoms with Gasteiger partial charge in [0, 0.05) is 24.9 Å². The molecule has 0 aliphatic heterocycles. The minimum atomic E-state index is -0.144. The number of pyridine rings is 1. The molecule has 0 aromatic carbocycles. The van der Waals surface area contributed by atoms with Crippen molar-refractivity contribution in [2.24, 2.45) is 0 Å². The molecule has 0 aliphatic carbocycles. The first-order valence-corrected chi connectivity index (χ1v) is 8.35. The molecule has 6 heteroatoms. The summed E-state index contributed by atoms with van der Waals surface area (Å²) >= 11 is 1.47. The van der Waals surface area contributed by atoms with Crippen LogP contribution >= 0.6 is 11.8 Å². The van der Waals surface area contributed by atoms with E-state index in [9.17, 15) is 4.79 Å². The highest BCUT2D eigenvalue weighted by molar-refractivity contribution is 7.98.